The second-order valence-corrected chi connectivity index (χ2v) is 4.67. The first-order chi connectivity index (χ1) is 6.18. The van der Waals surface area contributed by atoms with E-state index in [1.165, 1.54) is 12.0 Å². The third kappa shape index (κ3) is 1.47. The van der Waals surface area contributed by atoms with Crippen LogP contribution in [0.1, 0.15) is 18.9 Å². The molecule has 1 aliphatic rings. The van der Waals surface area contributed by atoms with E-state index < -0.39 is 0 Å². The van der Waals surface area contributed by atoms with Crippen LogP contribution >= 0.6 is 23.2 Å². The summed E-state index contributed by atoms with van der Waals surface area (Å²) in [6.45, 7) is 2.24. The molecule has 0 heterocycles. The lowest BCUT2D eigenvalue weighted by Crippen LogP contribution is -2.05. The predicted octanol–water partition coefficient (Wildman–Crippen LogP) is 3.86. The number of halogens is 2. The molecule has 0 radical (unpaired) electrons. The van der Waals surface area contributed by atoms with Crippen LogP contribution in [-0.2, 0) is 5.41 Å². The summed E-state index contributed by atoms with van der Waals surface area (Å²) in [5.74, 6) is 1.34. The summed E-state index contributed by atoms with van der Waals surface area (Å²) in [4.78, 5) is 0. The van der Waals surface area contributed by atoms with E-state index in [1.54, 1.807) is 0 Å². The molecule has 0 N–H and O–H groups in total. The molecule has 70 valence electrons. The molecule has 1 fully saturated rings. The highest BCUT2D eigenvalue weighted by Crippen LogP contribution is 2.55. The number of benzene rings is 1. The maximum Gasteiger partial charge on any atom is 0.0443 e. The number of hydrogen-bond acceptors (Lipinski definition) is 0. The van der Waals surface area contributed by atoms with Crippen molar-refractivity contribution in [1.29, 1.82) is 0 Å². The third-order valence-corrected chi connectivity index (χ3v) is 3.79. The van der Waals surface area contributed by atoms with Gasteiger partial charge in [-0.1, -0.05) is 36.7 Å². The van der Waals surface area contributed by atoms with Gasteiger partial charge in [0.15, 0.2) is 0 Å². The monoisotopic (exact) mass is 214 g/mol. The molecule has 2 rings (SSSR count). The van der Waals surface area contributed by atoms with E-state index in [0.717, 1.165) is 10.9 Å². The van der Waals surface area contributed by atoms with Crippen molar-refractivity contribution in [2.45, 2.75) is 18.8 Å². The Bertz CT molecular complexity index is 322. The van der Waals surface area contributed by atoms with Crippen LogP contribution in [0, 0.1) is 5.92 Å². The number of hydrogen-bond donors (Lipinski definition) is 0. The van der Waals surface area contributed by atoms with E-state index >= 15 is 0 Å². The normalized spacial score (nSPS) is 31.8. The first-order valence-electron chi connectivity index (χ1n) is 4.49. The Balaban J connectivity index is 2.32. The minimum Gasteiger partial charge on any atom is -0.126 e. The molecule has 1 aromatic carbocycles. The van der Waals surface area contributed by atoms with Gasteiger partial charge in [0, 0.05) is 10.9 Å². The molecule has 1 aromatic rings. The van der Waals surface area contributed by atoms with Gasteiger partial charge in [0.1, 0.15) is 0 Å². The molecule has 0 amide bonds. The molecular formula is C11H12Cl2. The fourth-order valence-corrected chi connectivity index (χ4v) is 2.73. The Morgan fingerprint density at radius 2 is 2.15 bits per heavy atom. The van der Waals surface area contributed by atoms with Crippen molar-refractivity contribution in [2.75, 3.05) is 5.88 Å². The van der Waals surface area contributed by atoms with Gasteiger partial charge in [-0.2, -0.15) is 0 Å². The van der Waals surface area contributed by atoms with E-state index in [0.29, 0.717) is 5.92 Å². The summed E-state index contributed by atoms with van der Waals surface area (Å²) in [5.41, 5.74) is 1.49. The minimum atomic E-state index is 0.236. The molecular weight excluding hydrogens is 203 g/mol. The van der Waals surface area contributed by atoms with Crippen molar-refractivity contribution in [3.05, 3.63) is 34.9 Å². The largest absolute Gasteiger partial charge is 0.126 e. The topological polar surface area (TPSA) is 0 Å². The van der Waals surface area contributed by atoms with E-state index in [4.69, 9.17) is 23.2 Å². The summed E-state index contributed by atoms with van der Waals surface area (Å²) < 4.78 is 0. The smallest absolute Gasteiger partial charge is 0.0443 e. The quantitative estimate of drug-likeness (QED) is 0.657. The van der Waals surface area contributed by atoms with Gasteiger partial charge in [-0.05, 0) is 29.4 Å². The zero-order valence-electron chi connectivity index (χ0n) is 7.56. The van der Waals surface area contributed by atoms with Crippen LogP contribution in [0.4, 0.5) is 0 Å². The summed E-state index contributed by atoms with van der Waals surface area (Å²) in [6, 6.07) is 8.06. The van der Waals surface area contributed by atoms with Crippen LogP contribution in [0.3, 0.4) is 0 Å². The van der Waals surface area contributed by atoms with Gasteiger partial charge in [0.05, 0.1) is 0 Å². The highest BCUT2D eigenvalue weighted by atomic mass is 35.5. The van der Waals surface area contributed by atoms with Gasteiger partial charge >= 0.3 is 0 Å². The van der Waals surface area contributed by atoms with Crippen molar-refractivity contribution < 1.29 is 0 Å². The Morgan fingerprint density at radius 1 is 1.46 bits per heavy atom. The molecule has 1 aliphatic carbocycles. The van der Waals surface area contributed by atoms with Crippen molar-refractivity contribution in [2.24, 2.45) is 5.92 Å². The summed E-state index contributed by atoms with van der Waals surface area (Å²) in [6.07, 6.45) is 1.17. The molecule has 0 nitrogen and oxygen atoms in total. The molecule has 2 heteroatoms. The van der Waals surface area contributed by atoms with Gasteiger partial charge in [-0.3, -0.25) is 0 Å². The lowest BCUT2D eigenvalue weighted by Gasteiger charge is -2.12. The van der Waals surface area contributed by atoms with Gasteiger partial charge in [-0.25, -0.2) is 0 Å². The SMILES string of the molecule is CC1(c2ccccc2Cl)CC1CCl. The Labute approximate surface area is 88.9 Å². The highest BCUT2D eigenvalue weighted by Gasteiger charge is 2.51. The van der Waals surface area contributed by atoms with E-state index in [9.17, 15) is 0 Å². The molecule has 13 heavy (non-hydrogen) atoms. The molecule has 0 spiro atoms. The molecule has 0 bridgehead atoms. The first kappa shape index (κ1) is 9.36. The maximum atomic E-state index is 6.13. The summed E-state index contributed by atoms with van der Waals surface area (Å²) >= 11 is 12.0. The lowest BCUT2D eigenvalue weighted by atomic mass is 9.96. The van der Waals surface area contributed by atoms with Crippen molar-refractivity contribution in [3.8, 4) is 0 Å². The molecule has 0 aliphatic heterocycles. The van der Waals surface area contributed by atoms with Crippen LogP contribution < -0.4 is 0 Å². The zero-order valence-corrected chi connectivity index (χ0v) is 9.07. The zero-order chi connectivity index (χ0) is 9.47. The Morgan fingerprint density at radius 3 is 2.69 bits per heavy atom. The third-order valence-electron chi connectivity index (χ3n) is 3.09. The number of alkyl halides is 1. The first-order valence-corrected chi connectivity index (χ1v) is 5.40. The molecule has 2 atom stereocenters. The van der Waals surface area contributed by atoms with E-state index in [1.807, 2.05) is 18.2 Å². The Hall–Kier alpha value is -0.200. The fraction of sp³-hybridized carbons (Fsp3) is 0.455. The average molecular weight is 215 g/mol. The van der Waals surface area contributed by atoms with Crippen LogP contribution in [0.2, 0.25) is 5.02 Å². The minimum absolute atomic E-state index is 0.236. The standard InChI is InChI=1S/C11H12Cl2/c1-11(6-8(11)7-12)9-4-2-3-5-10(9)13/h2-5,8H,6-7H2,1H3. The van der Waals surface area contributed by atoms with Crippen molar-refractivity contribution in [1.82, 2.24) is 0 Å². The van der Waals surface area contributed by atoms with Crippen molar-refractivity contribution in [3.63, 3.8) is 0 Å². The molecule has 2 unspecified atom stereocenters. The van der Waals surface area contributed by atoms with E-state index in [2.05, 4.69) is 13.0 Å². The van der Waals surface area contributed by atoms with Crippen LogP contribution in [0.5, 0.6) is 0 Å². The van der Waals surface area contributed by atoms with E-state index in [-0.39, 0.29) is 5.41 Å². The van der Waals surface area contributed by atoms with Crippen LogP contribution in [0.15, 0.2) is 24.3 Å². The average Bonchev–Trinajstić information content (AvgIpc) is 2.79. The highest BCUT2D eigenvalue weighted by molar-refractivity contribution is 6.31. The molecule has 0 saturated heterocycles. The lowest BCUT2D eigenvalue weighted by molar-refractivity contribution is 0.706. The molecule has 1 saturated carbocycles. The van der Waals surface area contributed by atoms with Crippen LogP contribution in [-0.4, -0.2) is 5.88 Å². The second-order valence-electron chi connectivity index (χ2n) is 3.95. The maximum absolute atomic E-state index is 6.13. The van der Waals surface area contributed by atoms with Gasteiger partial charge in [-0.15, -0.1) is 11.6 Å². The summed E-state index contributed by atoms with van der Waals surface area (Å²) in [5, 5.41) is 0.873. The van der Waals surface area contributed by atoms with Gasteiger partial charge in [0.2, 0.25) is 0 Å². The number of rotatable bonds is 2. The second kappa shape index (κ2) is 3.18. The van der Waals surface area contributed by atoms with Crippen LogP contribution in [0.25, 0.3) is 0 Å². The van der Waals surface area contributed by atoms with Gasteiger partial charge in [0.25, 0.3) is 0 Å². The van der Waals surface area contributed by atoms with Gasteiger partial charge < -0.3 is 0 Å². The fourth-order valence-electron chi connectivity index (χ4n) is 1.93. The predicted molar refractivity (Wildman–Crippen MR) is 57.6 cm³/mol. The summed E-state index contributed by atoms with van der Waals surface area (Å²) in [7, 11) is 0. The van der Waals surface area contributed by atoms with Crippen molar-refractivity contribution >= 4 is 23.2 Å². The molecule has 0 aromatic heterocycles. The Kier molecular flexibility index (Phi) is 2.29.